The molecule has 1 aromatic heterocycles. The summed E-state index contributed by atoms with van der Waals surface area (Å²) in [7, 11) is -3.76. The molecule has 0 radical (unpaired) electrons. The minimum Gasteiger partial charge on any atom is -0.369 e. The van der Waals surface area contributed by atoms with Gasteiger partial charge in [-0.3, -0.25) is 39.1 Å². The predicted octanol–water partition coefficient (Wildman–Crippen LogP) is 2.69. The number of amides is 5. The minimum atomic E-state index is -3.76. The Hall–Kier alpha value is -5.04. The molecule has 3 fully saturated rings. The number of fused-ring (bicyclic) bond motifs is 2. The van der Waals surface area contributed by atoms with Crippen molar-refractivity contribution in [2.45, 2.75) is 43.6 Å². The van der Waals surface area contributed by atoms with Crippen molar-refractivity contribution in [3.63, 3.8) is 0 Å². The molecule has 2 aromatic carbocycles. The first-order valence-corrected chi connectivity index (χ1v) is 21.1. The highest BCUT2D eigenvalue weighted by Crippen LogP contribution is 2.48. The van der Waals surface area contributed by atoms with Crippen molar-refractivity contribution in [3.8, 4) is 0 Å². The van der Waals surface area contributed by atoms with E-state index in [1.807, 2.05) is 0 Å². The van der Waals surface area contributed by atoms with E-state index in [1.54, 1.807) is 48.5 Å². The Bertz CT molecular complexity index is 2310. The predicted molar refractivity (Wildman–Crippen MR) is 210 cm³/mol. The van der Waals surface area contributed by atoms with Crippen molar-refractivity contribution in [1.29, 1.82) is 0 Å². The molecule has 5 aliphatic heterocycles. The second-order valence-electron chi connectivity index (χ2n) is 15.2. The maximum Gasteiger partial charge on any atom is 0.262 e. The third kappa shape index (κ3) is 7.30. The number of hydrogen-bond acceptors (Lipinski definition) is 11. The van der Waals surface area contributed by atoms with Crippen molar-refractivity contribution in [3.05, 3.63) is 82.0 Å². The number of benzene rings is 2. The Labute approximate surface area is 338 Å². The molecule has 0 saturated carbocycles. The molecule has 58 heavy (non-hydrogen) atoms. The number of sulfonamides is 1. The molecule has 19 heteroatoms. The van der Waals surface area contributed by atoms with Gasteiger partial charge in [0.2, 0.25) is 34.2 Å². The summed E-state index contributed by atoms with van der Waals surface area (Å²) >= 11 is 6.53. The lowest BCUT2D eigenvalue weighted by atomic mass is 9.74. The highest BCUT2D eigenvalue weighted by molar-refractivity contribution is 7.89. The molecule has 0 aliphatic carbocycles. The van der Waals surface area contributed by atoms with Crippen LogP contribution in [0.3, 0.4) is 0 Å². The van der Waals surface area contributed by atoms with Crippen LogP contribution in [-0.2, 0) is 29.8 Å². The first-order chi connectivity index (χ1) is 27.8. The molecule has 6 heterocycles. The number of carbonyl (C=O) groups is 5. The second kappa shape index (κ2) is 15.6. The highest BCUT2D eigenvalue weighted by atomic mass is 35.5. The zero-order valence-electron chi connectivity index (χ0n) is 31.3. The standard InChI is InChI=1S/C39H41ClF2N8O7S/c40-29-9-10-43-35-34(29)39(23-44-35,21-31(41)42)24-3-1-4-26(19-24)49-17-16-48(22-33(49)52)58(56,57)18-2-11-46-12-14-47(15-13-46)25-5-6-27-28(20-25)38(55)50(37(27)54)30-7-8-32(51)45-36(30)53/h1,3-6,9-10,19-20,30-31H,2,7-8,11-18,21-23H2,(H,43,44)(H,45,51,53). The van der Waals surface area contributed by atoms with E-state index >= 15 is 0 Å². The number of pyridine rings is 1. The van der Waals surface area contributed by atoms with Gasteiger partial charge in [0.15, 0.2) is 0 Å². The molecule has 0 spiro atoms. The molecule has 3 saturated heterocycles. The molecule has 5 amide bonds. The van der Waals surface area contributed by atoms with Gasteiger partial charge in [-0.25, -0.2) is 22.2 Å². The number of alkyl halides is 2. The van der Waals surface area contributed by atoms with Crippen molar-refractivity contribution in [1.82, 2.24) is 24.4 Å². The Balaban J connectivity index is 0.837. The molecule has 306 valence electrons. The van der Waals surface area contributed by atoms with Gasteiger partial charge in [-0.1, -0.05) is 23.7 Å². The molecule has 2 N–H and O–H groups in total. The molecule has 15 nitrogen and oxygen atoms in total. The van der Waals surface area contributed by atoms with E-state index in [9.17, 15) is 41.2 Å². The summed E-state index contributed by atoms with van der Waals surface area (Å²) in [5.41, 5.74) is 1.50. The van der Waals surface area contributed by atoms with Crippen molar-refractivity contribution in [2.75, 3.05) is 79.8 Å². The van der Waals surface area contributed by atoms with E-state index in [2.05, 4.69) is 25.4 Å². The molecular formula is C39H41ClF2N8O7S. The summed E-state index contributed by atoms with van der Waals surface area (Å²) in [6, 6.07) is 12.4. The number of imide groups is 2. The number of piperidine rings is 1. The summed E-state index contributed by atoms with van der Waals surface area (Å²) in [4.78, 5) is 74.8. The quantitative estimate of drug-likeness (QED) is 0.272. The molecule has 2 unspecified atom stereocenters. The average molecular weight is 839 g/mol. The van der Waals surface area contributed by atoms with Crippen LogP contribution in [0.4, 0.5) is 26.0 Å². The lowest BCUT2D eigenvalue weighted by Crippen LogP contribution is -2.54. The highest BCUT2D eigenvalue weighted by Gasteiger charge is 2.47. The maximum atomic E-state index is 14.1. The fourth-order valence-corrected chi connectivity index (χ4v) is 10.5. The van der Waals surface area contributed by atoms with Crippen molar-refractivity contribution >= 4 is 68.4 Å². The number of nitrogens with one attached hydrogen (secondary N) is 2. The van der Waals surface area contributed by atoms with Gasteiger partial charge in [0.05, 0.1) is 23.4 Å². The lowest BCUT2D eigenvalue weighted by Gasteiger charge is -2.37. The number of rotatable bonds is 11. The Morgan fingerprint density at radius 3 is 2.43 bits per heavy atom. The van der Waals surface area contributed by atoms with Crippen LogP contribution in [0.25, 0.3) is 0 Å². The average Bonchev–Trinajstić information content (AvgIpc) is 3.69. The van der Waals surface area contributed by atoms with Crippen molar-refractivity contribution in [2.24, 2.45) is 0 Å². The normalized spacial score (nSPS) is 23.1. The molecule has 5 aliphatic rings. The summed E-state index contributed by atoms with van der Waals surface area (Å²) in [5.74, 6) is -2.36. The van der Waals surface area contributed by atoms with Gasteiger partial charge >= 0.3 is 0 Å². The molecule has 3 aromatic rings. The summed E-state index contributed by atoms with van der Waals surface area (Å²) in [6.45, 7) is 2.96. The zero-order valence-corrected chi connectivity index (χ0v) is 32.9. The summed E-state index contributed by atoms with van der Waals surface area (Å²) in [6.07, 6.45) is -1.18. The number of anilines is 3. The Kier molecular flexibility index (Phi) is 10.7. The fourth-order valence-electron chi connectivity index (χ4n) is 8.77. The van der Waals surface area contributed by atoms with Crippen molar-refractivity contribution < 1.29 is 41.2 Å². The zero-order chi connectivity index (χ0) is 40.9. The van der Waals surface area contributed by atoms with Crippen LogP contribution in [0.15, 0.2) is 54.7 Å². The second-order valence-corrected chi connectivity index (χ2v) is 17.6. The van der Waals surface area contributed by atoms with Gasteiger partial charge in [-0.05, 0) is 61.3 Å². The maximum absolute atomic E-state index is 14.1. The number of nitrogens with zero attached hydrogens (tertiary/aromatic N) is 6. The number of aromatic nitrogens is 1. The van der Waals surface area contributed by atoms with Gasteiger partial charge in [-0.2, -0.15) is 4.31 Å². The van der Waals surface area contributed by atoms with Crippen LogP contribution >= 0.6 is 11.6 Å². The fraction of sp³-hybridized carbons (Fsp3) is 0.436. The van der Waals surface area contributed by atoms with E-state index in [-0.39, 0.29) is 55.9 Å². The smallest absolute Gasteiger partial charge is 0.262 e. The van der Waals surface area contributed by atoms with Crippen LogP contribution in [0.5, 0.6) is 0 Å². The van der Waals surface area contributed by atoms with E-state index in [1.165, 1.54) is 15.4 Å². The molecular weight excluding hydrogens is 798 g/mol. The molecule has 0 bridgehead atoms. The number of halogens is 3. The van der Waals surface area contributed by atoms with Gasteiger partial charge in [-0.15, -0.1) is 0 Å². The summed E-state index contributed by atoms with van der Waals surface area (Å²) < 4.78 is 56.2. The number of hydrogen-bond donors (Lipinski definition) is 2. The van der Waals surface area contributed by atoms with Gasteiger partial charge in [0, 0.05) is 92.2 Å². The van der Waals surface area contributed by atoms with E-state index in [0.29, 0.717) is 66.8 Å². The van der Waals surface area contributed by atoms with E-state index < -0.39 is 63.9 Å². The van der Waals surface area contributed by atoms with E-state index in [0.717, 1.165) is 10.6 Å². The minimum absolute atomic E-state index is 0.0404. The Morgan fingerprint density at radius 2 is 1.69 bits per heavy atom. The first kappa shape index (κ1) is 39.8. The van der Waals surface area contributed by atoms with Gasteiger partial charge < -0.3 is 15.1 Å². The van der Waals surface area contributed by atoms with Crippen LogP contribution in [-0.4, -0.2) is 134 Å². The van der Waals surface area contributed by atoms with Crippen LogP contribution < -0.4 is 20.4 Å². The Morgan fingerprint density at radius 1 is 0.914 bits per heavy atom. The third-order valence-corrected chi connectivity index (χ3v) is 14.0. The van der Waals surface area contributed by atoms with Crippen LogP contribution in [0, 0.1) is 0 Å². The molecule has 2 atom stereocenters. The van der Waals surface area contributed by atoms with Crippen LogP contribution in [0.1, 0.15) is 57.5 Å². The third-order valence-electron chi connectivity index (χ3n) is 11.8. The SMILES string of the molecule is O=C1CCC(N2C(=O)c3ccc(N4CCN(CCCS(=O)(=O)N5CCN(c6cccc(C7(CC(F)F)CNc8nccc(Cl)c87)c6)C(=O)C5)CC4)cc3C2=O)C(=O)N1. The number of piperazine rings is 2. The topological polar surface area (TPSA) is 173 Å². The van der Waals surface area contributed by atoms with Crippen LogP contribution in [0.2, 0.25) is 5.02 Å². The van der Waals surface area contributed by atoms with Gasteiger partial charge in [0.1, 0.15) is 11.9 Å². The lowest BCUT2D eigenvalue weighted by molar-refractivity contribution is -0.136. The van der Waals surface area contributed by atoms with Gasteiger partial charge in [0.25, 0.3) is 11.8 Å². The molecule has 8 rings (SSSR count). The van der Waals surface area contributed by atoms with E-state index in [4.69, 9.17) is 11.6 Å². The summed E-state index contributed by atoms with van der Waals surface area (Å²) in [5, 5.41) is 5.62. The first-order valence-electron chi connectivity index (χ1n) is 19.1. The monoisotopic (exact) mass is 838 g/mol. The number of carbonyl (C=O) groups excluding carboxylic acids is 5. The largest absolute Gasteiger partial charge is 0.369 e.